The smallest absolute Gasteiger partial charge is 0.309 e. The quantitative estimate of drug-likeness (QED) is 0.725. The topological polar surface area (TPSA) is 66.4 Å². The molecule has 0 radical (unpaired) electrons. The Morgan fingerprint density at radius 3 is 2.44 bits per heavy atom. The van der Waals surface area contributed by atoms with Gasteiger partial charge in [0.25, 0.3) is 0 Å². The summed E-state index contributed by atoms with van der Waals surface area (Å²) in [5.41, 5.74) is -0.768. The van der Waals surface area contributed by atoms with Crippen molar-refractivity contribution in [3.05, 3.63) is 0 Å². The molecule has 0 heterocycles. The van der Waals surface area contributed by atoms with Gasteiger partial charge in [-0.15, -0.1) is 0 Å². The maximum atomic E-state index is 11.6. The fourth-order valence-corrected chi connectivity index (χ4v) is 1.58. The van der Waals surface area contributed by atoms with E-state index in [0.29, 0.717) is 18.9 Å². The van der Waals surface area contributed by atoms with Gasteiger partial charge in [0.05, 0.1) is 5.41 Å². The van der Waals surface area contributed by atoms with E-state index < -0.39 is 11.4 Å². The minimum absolute atomic E-state index is 0.0590. The summed E-state index contributed by atoms with van der Waals surface area (Å²) >= 11 is 0. The molecule has 1 saturated carbocycles. The van der Waals surface area contributed by atoms with E-state index in [-0.39, 0.29) is 11.8 Å². The van der Waals surface area contributed by atoms with Gasteiger partial charge in [0, 0.05) is 12.5 Å². The lowest BCUT2D eigenvalue weighted by atomic mass is 9.89. The number of carboxylic acids is 1. The van der Waals surface area contributed by atoms with E-state index in [0.717, 1.165) is 12.8 Å². The Hall–Kier alpha value is -1.06. The van der Waals surface area contributed by atoms with Crippen molar-refractivity contribution >= 4 is 11.9 Å². The van der Waals surface area contributed by atoms with E-state index in [4.69, 9.17) is 5.11 Å². The summed E-state index contributed by atoms with van der Waals surface area (Å²) in [5.74, 6) is -0.138. The lowest BCUT2D eigenvalue weighted by Crippen LogP contribution is -2.35. The average Bonchev–Trinajstić information content (AvgIpc) is 2.99. The van der Waals surface area contributed by atoms with E-state index in [1.54, 1.807) is 13.8 Å². The molecule has 1 aliphatic carbocycles. The first-order valence-electron chi connectivity index (χ1n) is 5.85. The van der Waals surface area contributed by atoms with Gasteiger partial charge in [-0.25, -0.2) is 0 Å². The third-order valence-electron chi connectivity index (χ3n) is 3.37. The predicted octanol–water partition coefficient (Wildman–Crippen LogP) is 1.65. The minimum atomic E-state index is -0.822. The van der Waals surface area contributed by atoms with Crippen molar-refractivity contribution in [1.82, 2.24) is 5.32 Å². The van der Waals surface area contributed by atoms with Gasteiger partial charge in [0.1, 0.15) is 0 Å². The molecule has 0 saturated heterocycles. The molecule has 1 atom stereocenters. The largest absolute Gasteiger partial charge is 0.481 e. The van der Waals surface area contributed by atoms with Crippen molar-refractivity contribution in [2.75, 3.05) is 6.54 Å². The van der Waals surface area contributed by atoms with Crippen LogP contribution in [0.5, 0.6) is 0 Å². The van der Waals surface area contributed by atoms with Crippen LogP contribution in [0.25, 0.3) is 0 Å². The van der Waals surface area contributed by atoms with E-state index >= 15 is 0 Å². The van der Waals surface area contributed by atoms with Crippen LogP contribution in [0, 0.1) is 17.3 Å². The second-order valence-corrected chi connectivity index (χ2v) is 5.36. The van der Waals surface area contributed by atoms with Crippen molar-refractivity contribution < 1.29 is 14.7 Å². The SMILES string of the molecule is CC(C(=O)NCCC(C)(C)C(=O)O)C1CC1. The van der Waals surface area contributed by atoms with Crippen molar-refractivity contribution in [3.63, 3.8) is 0 Å². The number of aliphatic carboxylic acids is 1. The standard InChI is InChI=1S/C12H21NO3/c1-8(9-4-5-9)10(14)13-7-6-12(2,3)11(15)16/h8-9H,4-7H2,1-3H3,(H,13,14)(H,15,16). The number of nitrogens with one attached hydrogen (secondary N) is 1. The molecule has 4 nitrogen and oxygen atoms in total. The van der Waals surface area contributed by atoms with Crippen LogP contribution in [0.1, 0.15) is 40.0 Å². The number of hydrogen-bond acceptors (Lipinski definition) is 2. The first-order valence-corrected chi connectivity index (χ1v) is 5.85. The van der Waals surface area contributed by atoms with Gasteiger partial charge in [-0.3, -0.25) is 9.59 Å². The minimum Gasteiger partial charge on any atom is -0.481 e. The van der Waals surface area contributed by atoms with Crippen LogP contribution < -0.4 is 5.32 Å². The van der Waals surface area contributed by atoms with E-state index in [9.17, 15) is 9.59 Å². The van der Waals surface area contributed by atoms with Crippen molar-refractivity contribution in [2.24, 2.45) is 17.3 Å². The molecule has 0 spiro atoms. The Labute approximate surface area is 96.4 Å². The number of hydrogen-bond donors (Lipinski definition) is 2. The second-order valence-electron chi connectivity index (χ2n) is 5.36. The molecule has 0 aromatic carbocycles. The summed E-state index contributed by atoms with van der Waals surface area (Å²) in [7, 11) is 0. The zero-order valence-electron chi connectivity index (χ0n) is 10.2. The van der Waals surface area contributed by atoms with Crippen molar-refractivity contribution in [2.45, 2.75) is 40.0 Å². The lowest BCUT2D eigenvalue weighted by molar-refractivity contribution is -0.147. The average molecular weight is 227 g/mol. The second kappa shape index (κ2) is 4.85. The maximum Gasteiger partial charge on any atom is 0.309 e. The van der Waals surface area contributed by atoms with Crippen LogP contribution in [-0.2, 0) is 9.59 Å². The number of carbonyl (C=O) groups is 2. The van der Waals surface area contributed by atoms with Gasteiger partial charge in [-0.2, -0.15) is 0 Å². The van der Waals surface area contributed by atoms with Crippen LogP contribution in [0.2, 0.25) is 0 Å². The third-order valence-corrected chi connectivity index (χ3v) is 3.37. The molecule has 2 N–H and O–H groups in total. The number of amides is 1. The molecule has 0 aromatic rings. The molecular formula is C12H21NO3. The monoisotopic (exact) mass is 227 g/mol. The van der Waals surface area contributed by atoms with Crippen molar-refractivity contribution in [3.8, 4) is 0 Å². The molecule has 0 bridgehead atoms. The summed E-state index contributed by atoms with van der Waals surface area (Å²) in [4.78, 5) is 22.5. The summed E-state index contributed by atoms with van der Waals surface area (Å²) in [6, 6.07) is 0. The zero-order valence-corrected chi connectivity index (χ0v) is 10.2. The van der Waals surface area contributed by atoms with Gasteiger partial charge in [0.15, 0.2) is 0 Å². The number of carbonyl (C=O) groups excluding carboxylic acids is 1. The molecule has 1 rings (SSSR count). The van der Waals surface area contributed by atoms with Gasteiger partial charge in [0.2, 0.25) is 5.91 Å². The fourth-order valence-electron chi connectivity index (χ4n) is 1.58. The summed E-state index contributed by atoms with van der Waals surface area (Å²) in [6.07, 6.45) is 2.76. The summed E-state index contributed by atoms with van der Waals surface area (Å²) in [5, 5.41) is 11.7. The predicted molar refractivity (Wildman–Crippen MR) is 60.9 cm³/mol. The summed E-state index contributed by atoms with van der Waals surface area (Å²) < 4.78 is 0. The molecule has 92 valence electrons. The normalized spacial score (nSPS) is 17.9. The Balaban J connectivity index is 2.24. The third kappa shape index (κ3) is 3.51. The highest BCUT2D eigenvalue weighted by atomic mass is 16.4. The Morgan fingerprint density at radius 2 is 2.00 bits per heavy atom. The maximum absolute atomic E-state index is 11.6. The Kier molecular flexibility index (Phi) is 3.94. The van der Waals surface area contributed by atoms with Crippen LogP contribution in [-0.4, -0.2) is 23.5 Å². The molecule has 0 aromatic heterocycles. The highest BCUT2D eigenvalue weighted by Gasteiger charge is 2.33. The Morgan fingerprint density at radius 1 is 1.44 bits per heavy atom. The highest BCUT2D eigenvalue weighted by Crippen LogP contribution is 2.36. The van der Waals surface area contributed by atoms with E-state index in [1.807, 2.05) is 6.92 Å². The van der Waals surface area contributed by atoms with E-state index in [1.165, 1.54) is 0 Å². The fraction of sp³-hybridized carbons (Fsp3) is 0.833. The molecule has 1 fully saturated rings. The lowest BCUT2D eigenvalue weighted by Gasteiger charge is -2.19. The van der Waals surface area contributed by atoms with Crippen LogP contribution in [0.15, 0.2) is 0 Å². The molecule has 1 amide bonds. The highest BCUT2D eigenvalue weighted by molar-refractivity contribution is 5.79. The summed E-state index contributed by atoms with van der Waals surface area (Å²) in [6.45, 7) is 5.72. The van der Waals surface area contributed by atoms with E-state index in [2.05, 4.69) is 5.32 Å². The van der Waals surface area contributed by atoms with Gasteiger partial charge in [-0.1, -0.05) is 6.92 Å². The zero-order chi connectivity index (χ0) is 12.3. The Bertz CT molecular complexity index is 282. The number of carboxylic acid groups (broad SMARTS) is 1. The number of rotatable bonds is 6. The molecular weight excluding hydrogens is 206 g/mol. The first kappa shape index (κ1) is 13.0. The van der Waals surface area contributed by atoms with Crippen LogP contribution >= 0.6 is 0 Å². The molecule has 1 aliphatic rings. The van der Waals surface area contributed by atoms with Gasteiger partial charge >= 0.3 is 5.97 Å². The molecule has 4 heteroatoms. The van der Waals surface area contributed by atoms with Gasteiger partial charge < -0.3 is 10.4 Å². The molecule has 1 unspecified atom stereocenters. The molecule has 0 aliphatic heterocycles. The first-order chi connectivity index (χ1) is 7.34. The van der Waals surface area contributed by atoms with Crippen LogP contribution in [0.4, 0.5) is 0 Å². The van der Waals surface area contributed by atoms with Crippen molar-refractivity contribution in [1.29, 1.82) is 0 Å². The van der Waals surface area contributed by atoms with Gasteiger partial charge in [-0.05, 0) is 39.0 Å². The van der Waals surface area contributed by atoms with Crippen LogP contribution in [0.3, 0.4) is 0 Å². The molecule has 16 heavy (non-hydrogen) atoms.